The maximum absolute atomic E-state index is 13.0. The van der Waals surface area contributed by atoms with Crippen LogP contribution in [0.25, 0.3) is 11.4 Å². The number of hydrogen-bond acceptors (Lipinski definition) is 4. The van der Waals surface area contributed by atoms with Crippen molar-refractivity contribution in [2.24, 2.45) is 0 Å². The van der Waals surface area contributed by atoms with E-state index in [1.54, 1.807) is 4.90 Å². The zero-order valence-electron chi connectivity index (χ0n) is 16.2. The molecule has 0 N–H and O–H groups in total. The predicted octanol–water partition coefficient (Wildman–Crippen LogP) is 4.91. The lowest BCUT2D eigenvalue weighted by Gasteiger charge is -2.25. The van der Waals surface area contributed by atoms with Crippen molar-refractivity contribution in [1.29, 1.82) is 0 Å². The minimum atomic E-state index is -0.0419. The van der Waals surface area contributed by atoms with Crippen LogP contribution in [0.2, 0.25) is 0 Å². The molecule has 3 rings (SSSR count). The molecule has 140 valence electrons. The van der Waals surface area contributed by atoms with Crippen molar-refractivity contribution < 1.29 is 9.32 Å². The number of aromatic nitrogens is 2. The first-order chi connectivity index (χ1) is 13.0. The van der Waals surface area contributed by atoms with Crippen molar-refractivity contribution >= 4 is 5.91 Å². The van der Waals surface area contributed by atoms with Gasteiger partial charge in [0.2, 0.25) is 11.7 Å². The Bertz CT molecular complexity index is 883. The quantitative estimate of drug-likeness (QED) is 0.624. The van der Waals surface area contributed by atoms with Crippen molar-refractivity contribution in [3.63, 3.8) is 0 Å². The zero-order chi connectivity index (χ0) is 19.4. The summed E-state index contributed by atoms with van der Waals surface area (Å²) >= 11 is 0. The lowest BCUT2D eigenvalue weighted by Crippen LogP contribution is -2.36. The molecule has 0 bridgehead atoms. The van der Waals surface area contributed by atoms with Gasteiger partial charge in [-0.05, 0) is 37.5 Å². The van der Waals surface area contributed by atoms with Gasteiger partial charge in [0.05, 0.1) is 0 Å². The number of rotatable bonds is 6. The van der Waals surface area contributed by atoms with Gasteiger partial charge in [-0.1, -0.05) is 61.5 Å². The maximum atomic E-state index is 13.0. The van der Waals surface area contributed by atoms with E-state index in [2.05, 4.69) is 24.0 Å². The second kappa shape index (κ2) is 8.16. The van der Waals surface area contributed by atoms with Crippen molar-refractivity contribution in [2.45, 2.75) is 46.2 Å². The average molecular weight is 363 g/mol. The van der Waals surface area contributed by atoms with Gasteiger partial charge in [0.25, 0.3) is 5.91 Å². The Morgan fingerprint density at radius 1 is 1.00 bits per heavy atom. The van der Waals surface area contributed by atoms with Crippen LogP contribution in [0.4, 0.5) is 0 Å². The fourth-order valence-electron chi connectivity index (χ4n) is 2.83. The van der Waals surface area contributed by atoms with Crippen LogP contribution < -0.4 is 0 Å². The molecule has 0 atom stereocenters. The molecule has 3 aromatic rings. The molecular weight excluding hydrogens is 338 g/mol. The van der Waals surface area contributed by atoms with Gasteiger partial charge in [0.1, 0.15) is 6.54 Å². The maximum Gasteiger partial charge on any atom is 0.254 e. The van der Waals surface area contributed by atoms with Crippen molar-refractivity contribution in [2.75, 3.05) is 0 Å². The minimum absolute atomic E-state index is 0.00866. The van der Waals surface area contributed by atoms with Gasteiger partial charge in [0.15, 0.2) is 0 Å². The van der Waals surface area contributed by atoms with E-state index in [0.717, 1.165) is 5.56 Å². The third-order valence-electron chi connectivity index (χ3n) is 4.51. The van der Waals surface area contributed by atoms with E-state index in [0.29, 0.717) is 23.2 Å². The Morgan fingerprint density at radius 2 is 1.67 bits per heavy atom. The summed E-state index contributed by atoms with van der Waals surface area (Å²) in [7, 11) is 0. The third-order valence-corrected chi connectivity index (χ3v) is 4.51. The Morgan fingerprint density at radius 3 is 2.26 bits per heavy atom. The third kappa shape index (κ3) is 4.42. The van der Waals surface area contributed by atoms with E-state index >= 15 is 0 Å². The highest BCUT2D eigenvalue weighted by atomic mass is 16.5. The SMILES string of the molecule is CC(C)c1ccc(C(=O)N(Cc2nc(-c3ccccc3)no2)C(C)C)cc1. The van der Waals surface area contributed by atoms with Crippen molar-refractivity contribution in [3.05, 3.63) is 71.6 Å². The molecule has 1 aromatic heterocycles. The molecule has 0 aliphatic carbocycles. The Balaban J connectivity index is 1.78. The highest BCUT2D eigenvalue weighted by Gasteiger charge is 2.22. The van der Waals surface area contributed by atoms with Gasteiger partial charge in [-0.2, -0.15) is 4.98 Å². The first-order valence-electron chi connectivity index (χ1n) is 9.24. The Kier molecular flexibility index (Phi) is 5.69. The summed E-state index contributed by atoms with van der Waals surface area (Å²) < 4.78 is 5.38. The topological polar surface area (TPSA) is 59.2 Å². The van der Waals surface area contributed by atoms with Gasteiger partial charge in [-0.25, -0.2) is 0 Å². The lowest BCUT2D eigenvalue weighted by atomic mass is 10.0. The van der Waals surface area contributed by atoms with Gasteiger partial charge in [-0.15, -0.1) is 0 Å². The predicted molar refractivity (Wildman–Crippen MR) is 105 cm³/mol. The van der Waals surface area contributed by atoms with Gasteiger partial charge in [0, 0.05) is 17.2 Å². The van der Waals surface area contributed by atoms with Crippen molar-refractivity contribution in [3.8, 4) is 11.4 Å². The second-order valence-corrected chi connectivity index (χ2v) is 7.18. The molecule has 0 aliphatic rings. The highest BCUT2D eigenvalue weighted by molar-refractivity contribution is 5.94. The van der Waals surface area contributed by atoms with Gasteiger partial charge in [-0.3, -0.25) is 4.79 Å². The molecule has 0 saturated carbocycles. The number of amides is 1. The summed E-state index contributed by atoms with van der Waals surface area (Å²) in [6, 6.07) is 17.4. The molecule has 0 aliphatic heterocycles. The largest absolute Gasteiger partial charge is 0.337 e. The normalized spacial score (nSPS) is 11.2. The van der Waals surface area contributed by atoms with Crippen LogP contribution >= 0.6 is 0 Å². The first-order valence-corrected chi connectivity index (χ1v) is 9.24. The van der Waals surface area contributed by atoms with Crippen LogP contribution in [0.15, 0.2) is 59.1 Å². The summed E-state index contributed by atoms with van der Waals surface area (Å²) in [6.07, 6.45) is 0. The second-order valence-electron chi connectivity index (χ2n) is 7.18. The highest BCUT2D eigenvalue weighted by Crippen LogP contribution is 2.19. The average Bonchev–Trinajstić information content (AvgIpc) is 3.15. The van der Waals surface area contributed by atoms with Gasteiger partial charge >= 0.3 is 0 Å². The Hall–Kier alpha value is -2.95. The molecule has 2 aromatic carbocycles. The monoisotopic (exact) mass is 363 g/mol. The molecule has 0 radical (unpaired) electrons. The summed E-state index contributed by atoms with van der Waals surface area (Å²) in [5.74, 6) is 1.35. The first kappa shape index (κ1) is 18.8. The molecule has 0 unspecified atom stereocenters. The van der Waals surface area contributed by atoms with E-state index < -0.39 is 0 Å². The summed E-state index contributed by atoms with van der Waals surface area (Å²) in [4.78, 5) is 19.2. The van der Waals surface area contributed by atoms with Crippen LogP contribution in [0.1, 0.15) is 55.4 Å². The molecular formula is C22H25N3O2. The van der Waals surface area contributed by atoms with E-state index in [4.69, 9.17) is 4.52 Å². The number of benzene rings is 2. The molecule has 1 heterocycles. The number of carbonyl (C=O) groups excluding carboxylic acids is 1. The van der Waals surface area contributed by atoms with Crippen LogP contribution in [0.5, 0.6) is 0 Å². The molecule has 5 heteroatoms. The lowest BCUT2D eigenvalue weighted by molar-refractivity contribution is 0.0667. The van der Waals surface area contributed by atoms with Crippen molar-refractivity contribution in [1.82, 2.24) is 15.0 Å². The molecule has 0 saturated heterocycles. The Labute approximate surface area is 160 Å². The molecule has 0 fully saturated rings. The number of nitrogens with zero attached hydrogens (tertiary/aromatic N) is 3. The smallest absolute Gasteiger partial charge is 0.254 e. The molecule has 1 amide bonds. The van der Waals surface area contributed by atoms with E-state index in [9.17, 15) is 4.79 Å². The summed E-state index contributed by atoms with van der Waals surface area (Å²) in [5, 5.41) is 4.04. The van der Waals surface area contributed by atoms with E-state index in [-0.39, 0.29) is 18.5 Å². The molecule has 0 spiro atoms. The van der Waals surface area contributed by atoms with Crippen LogP contribution in [0.3, 0.4) is 0 Å². The zero-order valence-corrected chi connectivity index (χ0v) is 16.2. The van der Waals surface area contributed by atoms with Crippen LogP contribution in [-0.4, -0.2) is 27.0 Å². The summed E-state index contributed by atoms with van der Waals surface area (Å²) in [6.45, 7) is 8.51. The fourth-order valence-corrected chi connectivity index (χ4v) is 2.83. The summed E-state index contributed by atoms with van der Waals surface area (Å²) in [5.41, 5.74) is 2.77. The minimum Gasteiger partial charge on any atom is -0.337 e. The van der Waals surface area contributed by atoms with E-state index in [1.165, 1.54) is 5.56 Å². The molecule has 5 nitrogen and oxygen atoms in total. The van der Waals surface area contributed by atoms with E-state index in [1.807, 2.05) is 68.4 Å². The number of carbonyl (C=O) groups is 1. The van der Waals surface area contributed by atoms with Gasteiger partial charge < -0.3 is 9.42 Å². The fraction of sp³-hybridized carbons (Fsp3) is 0.318. The van der Waals surface area contributed by atoms with Crippen LogP contribution in [-0.2, 0) is 6.54 Å². The standard InChI is InChI=1S/C22H25N3O2/c1-15(2)17-10-12-19(13-11-17)22(26)25(16(3)4)14-20-23-21(24-27-20)18-8-6-5-7-9-18/h5-13,15-16H,14H2,1-4H3. The van der Waals surface area contributed by atoms with Crippen LogP contribution in [0, 0.1) is 0 Å². The number of hydrogen-bond donors (Lipinski definition) is 0. The molecule has 27 heavy (non-hydrogen) atoms.